The highest BCUT2D eigenvalue weighted by Crippen LogP contribution is 2.61. The summed E-state index contributed by atoms with van der Waals surface area (Å²) in [6.07, 6.45) is 15.8. The summed E-state index contributed by atoms with van der Waals surface area (Å²) in [5.41, 5.74) is -0.493. The van der Waals surface area contributed by atoms with Crippen molar-refractivity contribution in [3.63, 3.8) is 0 Å². The molecule has 0 aliphatic rings. The van der Waals surface area contributed by atoms with Crippen LogP contribution >= 0.6 is 19.0 Å². The third-order valence-corrected chi connectivity index (χ3v) is 12.7. The van der Waals surface area contributed by atoms with E-state index in [9.17, 15) is 9.59 Å². The van der Waals surface area contributed by atoms with Gasteiger partial charge in [0.05, 0.1) is 30.1 Å². The smallest absolute Gasteiger partial charge is 0.316 e. The number of esters is 1. The zero-order chi connectivity index (χ0) is 24.7. The molecule has 0 saturated carbocycles. The Labute approximate surface area is 208 Å². The lowest BCUT2D eigenvalue weighted by Crippen LogP contribution is -2.28. The Morgan fingerprint density at radius 3 is 1.76 bits per heavy atom. The third kappa shape index (κ3) is 11.4. The van der Waals surface area contributed by atoms with Gasteiger partial charge in [-0.15, -0.1) is 0 Å². The van der Waals surface area contributed by atoms with Gasteiger partial charge in [-0.3, -0.25) is 9.59 Å². The Bertz CT molecular complexity index is 678. The second kappa shape index (κ2) is 15.9. The number of unbranched alkanes of at least 4 members (excludes halogenated alkanes) is 3. The van der Waals surface area contributed by atoms with Crippen LogP contribution in [0.2, 0.25) is 0 Å². The molecule has 3 nitrogen and oxygen atoms in total. The maximum absolute atomic E-state index is 12.7. The zero-order valence-electron chi connectivity index (χ0n) is 22.1. The van der Waals surface area contributed by atoms with Crippen molar-refractivity contribution < 1.29 is 14.3 Å². The van der Waals surface area contributed by atoms with Crippen molar-refractivity contribution >= 4 is 30.1 Å². The molecule has 0 N–H and O–H groups in total. The lowest BCUT2D eigenvalue weighted by atomic mass is 9.91. The molecular weight excluding hydrogens is 447 g/mol. The second-order valence-electron chi connectivity index (χ2n) is 9.97. The van der Waals surface area contributed by atoms with Crippen molar-refractivity contribution in [1.29, 1.82) is 0 Å². The van der Waals surface area contributed by atoms with Crippen molar-refractivity contribution in [2.45, 2.75) is 104 Å². The molecule has 0 fully saturated rings. The highest BCUT2D eigenvalue weighted by molar-refractivity contribution is 8.13. The molecule has 0 atom stereocenters. The molecule has 1 aromatic rings. The van der Waals surface area contributed by atoms with E-state index in [0.29, 0.717) is 12.2 Å². The van der Waals surface area contributed by atoms with Gasteiger partial charge in [0.1, 0.15) is 5.75 Å². The molecule has 188 valence electrons. The molecule has 0 unspecified atom stereocenters. The molecule has 5 heteroatoms. The molecule has 0 spiro atoms. The topological polar surface area (TPSA) is 43.4 Å². The summed E-state index contributed by atoms with van der Waals surface area (Å²) in [6.45, 7) is 12.7. The SMILES string of the molecule is CCCC[P+](CCCC)(CCCC)CCCC(=O)Sc1ccc(OC(=O)C(C)(C)CC)cc1. The predicted molar refractivity (Wildman–Crippen MR) is 147 cm³/mol. The maximum Gasteiger partial charge on any atom is 0.316 e. The van der Waals surface area contributed by atoms with Crippen molar-refractivity contribution in [1.82, 2.24) is 0 Å². The summed E-state index contributed by atoms with van der Waals surface area (Å²) in [7, 11) is -0.931. The van der Waals surface area contributed by atoms with Crippen LogP contribution in [0.1, 0.15) is 99.3 Å². The van der Waals surface area contributed by atoms with Gasteiger partial charge in [-0.25, -0.2) is 0 Å². The fourth-order valence-electron chi connectivity index (χ4n) is 3.86. The number of hydrogen-bond donors (Lipinski definition) is 0. The van der Waals surface area contributed by atoms with Gasteiger partial charge in [0.15, 0.2) is 5.12 Å². The van der Waals surface area contributed by atoms with Crippen molar-refractivity contribution in [2.75, 3.05) is 24.6 Å². The van der Waals surface area contributed by atoms with Gasteiger partial charge in [0.25, 0.3) is 0 Å². The minimum Gasteiger partial charge on any atom is -0.426 e. The van der Waals surface area contributed by atoms with E-state index in [1.807, 2.05) is 32.9 Å². The first-order chi connectivity index (χ1) is 15.7. The number of hydrogen-bond acceptors (Lipinski definition) is 4. The fraction of sp³-hybridized carbons (Fsp3) is 0.714. The number of rotatable bonds is 17. The third-order valence-electron chi connectivity index (χ3n) is 6.67. The van der Waals surface area contributed by atoms with Gasteiger partial charge in [-0.2, -0.15) is 0 Å². The molecule has 0 bridgehead atoms. The van der Waals surface area contributed by atoms with E-state index in [0.717, 1.165) is 17.7 Å². The van der Waals surface area contributed by atoms with Gasteiger partial charge in [-0.05, 0) is 70.2 Å². The molecule has 0 amide bonds. The van der Waals surface area contributed by atoms with Gasteiger partial charge in [0, 0.05) is 18.6 Å². The van der Waals surface area contributed by atoms with E-state index in [4.69, 9.17) is 4.74 Å². The first kappa shape index (κ1) is 30.2. The second-order valence-corrected chi connectivity index (χ2v) is 15.6. The highest BCUT2D eigenvalue weighted by atomic mass is 32.2. The van der Waals surface area contributed by atoms with Crippen LogP contribution in [0.5, 0.6) is 5.75 Å². The minimum absolute atomic E-state index is 0.220. The Hall–Kier alpha value is -0.860. The number of benzene rings is 1. The number of thioether (sulfide) groups is 1. The van der Waals surface area contributed by atoms with Crippen LogP contribution in [-0.4, -0.2) is 35.7 Å². The Morgan fingerprint density at radius 1 is 0.818 bits per heavy atom. The molecule has 0 heterocycles. The van der Waals surface area contributed by atoms with E-state index >= 15 is 0 Å². The van der Waals surface area contributed by atoms with Crippen LogP contribution in [0.25, 0.3) is 0 Å². The van der Waals surface area contributed by atoms with Crippen LogP contribution in [0.15, 0.2) is 29.2 Å². The Kier molecular flexibility index (Phi) is 14.6. The highest BCUT2D eigenvalue weighted by Gasteiger charge is 2.35. The fourth-order valence-corrected chi connectivity index (χ4v) is 9.77. The van der Waals surface area contributed by atoms with Crippen LogP contribution in [-0.2, 0) is 9.59 Å². The Morgan fingerprint density at radius 2 is 1.30 bits per heavy atom. The van der Waals surface area contributed by atoms with Crippen molar-refractivity contribution in [3.05, 3.63) is 24.3 Å². The van der Waals surface area contributed by atoms with E-state index in [1.54, 1.807) is 12.1 Å². The average molecular weight is 496 g/mol. The molecule has 1 aromatic carbocycles. The molecule has 0 aliphatic carbocycles. The number of carbonyl (C=O) groups excluding carboxylic acids is 2. The molecule has 1 rings (SSSR count). The normalized spacial score (nSPS) is 12.1. The van der Waals surface area contributed by atoms with Crippen LogP contribution < -0.4 is 4.74 Å². The summed E-state index contributed by atoms with van der Waals surface area (Å²) in [4.78, 5) is 25.8. The average Bonchev–Trinajstić information content (AvgIpc) is 2.80. The molecule has 0 aliphatic heterocycles. The first-order valence-electron chi connectivity index (χ1n) is 13.1. The molecular formula is C28H48O3PS+. The molecule has 0 saturated heterocycles. The zero-order valence-corrected chi connectivity index (χ0v) is 23.8. The monoisotopic (exact) mass is 495 g/mol. The van der Waals surface area contributed by atoms with Gasteiger partial charge >= 0.3 is 5.97 Å². The molecule has 33 heavy (non-hydrogen) atoms. The molecule has 0 aromatic heterocycles. The predicted octanol–water partition coefficient (Wildman–Crippen LogP) is 8.85. The lowest BCUT2D eigenvalue weighted by molar-refractivity contribution is -0.144. The number of carbonyl (C=O) groups is 2. The molecule has 0 radical (unpaired) electrons. The largest absolute Gasteiger partial charge is 0.426 e. The van der Waals surface area contributed by atoms with E-state index < -0.39 is 12.7 Å². The van der Waals surface area contributed by atoms with Gasteiger partial charge in [0.2, 0.25) is 0 Å². The number of ether oxygens (including phenoxy) is 1. The van der Waals surface area contributed by atoms with Gasteiger partial charge in [-0.1, -0.05) is 58.7 Å². The summed E-state index contributed by atoms with van der Waals surface area (Å²) in [5.74, 6) is 0.318. The van der Waals surface area contributed by atoms with Crippen LogP contribution in [0.4, 0.5) is 0 Å². The van der Waals surface area contributed by atoms with E-state index in [1.165, 1.54) is 74.9 Å². The van der Waals surface area contributed by atoms with Crippen LogP contribution in [0, 0.1) is 5.41 Å². The Balaban J connectivity index is 2.61. The standard InChI is InChI=1S/C28H48O3PS/c1-7-11-20-32(21-12-8-2,22-13-9-3)23-14-15-26(29)33-25-18-16-24(17-19-25)31-27(30)28(5,6)10-4/h16-19H,7-15,20-23H2,1-6H3/q+1. The van der Waals surface area contributed by atoms with E-state index in [-0.39, 0.29) is 11.1 Å². The summed E-state index contributed by atoms with van der Waals surface area (Å²) >= 11 is 1.32. The summed E-state index contributed by atoms with van der Waals surface area (Å²) < 4.78 is 5.50. The van der Waals surface area contributed by atoms with E-state index in [2.05, 4.69) is 20.8 Å². The minimum atomic E-state index is -0.931. The summed E-state index contributed by atoms with van der Waals surface area (Å²) in [5, 5.41) is 0.242. The van der Waals surface area contributed by atoms with Crippen molar-refractivity contribution in [3.8, 4) is 5.75 Å². The van der Waals surface area contributed by atoms with Gasteiger partial charge < -0.3 is 4.74 Å². The summed E-state index contributed by atoms with van der Waals surface area (Å²) in [6, 6.07) is 7.34. The first-order valence-corrected chi connectivity index (χ1v) is 16.4. The van der Waals surface area contributed by atoms with Crippen LogP contribution in [0.3, 0.4) is 0 Å². The lowest BCUT2D eigenvalue weighted by Gasteiger charge is -2.28. The quantitative estimate of drug-likeness (QED) is 0.0937. The maximum atomic E-state index is 12.7. The van der Waals surface area contributed by atoms with Crippen molar-refractivity contribution in [2.24, 2.45) is 5.41 Å².